The monoisotopic (exact) mass is 383 g/mol. The molecule has 7 nitrogen and oxygen atoms in total. The van der Waals surface area contributed by atoms with Crippen LogP contribution in [0.25, 0.3) is 0 Å². The van der Waals surface area contributed by atoms with Crippen molar-refractivity contribution in [3.63, 3.8) is 0 Å². The van der Waals surface area contributed by atoms with E-state index in [-0.39, 0.29) is 18.3 Å². The molecule has 0 aliphatic rings. The number of anilines is 2. The average molecular weight is 383 g/mol. The van der Waals surface area contributed by atoms with Crippen LogP contribution in [0.3, 0.4) is 0 Å². The van der Waals surface area contributed by atoms with Crippen molar-refractivity contribution in [2.45, 2.75) is 20.4 Å². The lowest BCUT2D eigenvalue weighted by atomic mass is 10.0. The largest absolute Gasteiger partial charge is 0.497 e. The highest BCUT2D eigenvalue weighted by Gasteiger charge is 2.14. The SMILES string of the molecule is COc1ccc(Nn2c(N)nn(CC(=O)c3ccc(C)cc3C)c2=S)cc1. The van der Waals surface area contributed by atoms with Crippen LogP contribution in [0.15, 0.2) is 42.5 Å². The summed E-state index contributed by atoms with van der Waals surface area (Å²) in [5.41, 5.74) is 12.5. The fourth-order valence-corrected chi connectivity index (χ4v) is 3.02. The van der Waals surface area contributed by atoms with E-state index in [2.05, 4.69) is 10.5 Å². The molecule has 2 aromatic carbocycles. The Hall–Kier alpha value is -3.13. The number of aryl methyl sites for hydroxylation is 2. The first kappa shape index (κ1) is 18.7. The van der Waals surface area contributed by atoms with Gasteiger partial charge in [0.05, 0.1) is 12.8 Å². The third-order valence-corrected chi connectivity index (χ3v) is 4.56. The van der Waals surface area contributed by atoms with E-state index in [0.29, 0.717) is 10.3 Å². The topological polar surface area (TPSA) is 87.1 Å². The van der Waals surface area contributed by atoms with Crippen molar-refractivity contribution in [1.29, 1.82) is 0 Å². The fourth-order valence-electron chi connectivity index (χ4n) is 2.77. The number of nitrogens with zero attached hydrogens (tertiary/aromatic N) is 3. The minimum Gasteiger partial charge on any atom is -0.497 e. The van der Waals surface area contributed by atoms with Gasteiger partial charge in [0.15, 0.2) is 5.78 Å². The fraction of sp³-hybridized carbons (Fsp3) is 0.211. The third-order valence-electron chi connectivity index (χ3n) is 4.17. The van der Waals surface area contributed by atoms with E-state index < -0.39 is 0 Å². The second-order valence-corrected chi connectivity index (χ2v) is 6.58. The van der Waals surface area contributed by atoms with Crippen LogP contribution in [0.2, 0.25) is 0 Å². The van der Waals surface area contributed by atoms with Gasteiger partial charge < -0.3 is 10.5 Å². The number of nitrogens with one attached hydrogen (secondary N) is 1. The number of Topliss-reactive ketones (excluding diaryl/α,β-unsaturated/α-hetero) is 1. The number of nitrogens with two attached hydrogens (primary N) is 1. The van der Waals surface area contributed by atoms with Gasteiger partial charge in [-0.15, -0.1) is 5.10 Å². The molecule has 8 heteroatoms. The zero-order valence-electron chi connectivity index (χ0n) is 15.4. The molecule has 1 aromatic heterocycles. The summed E-state index contributed by atoms with van der Waals surface area (Å²) >= 11 is 5.43. The number of hydrogen-bond donors (Lipinski definition) is 2. The molecular formula is C19H21N5O2S. The normalized spacial score (nSPS) is 10.6. The van der Waals surface area contributed by atoms with E-state index >= 15 is 0 Å². The van der Waals surface area contributed by atoms with Crippen molar-refractivity contribution in [2.75, 3.05) is 18.3 Å². The number of carbonyl (C=O) groups excluding carboxylic acids is 1. The van der Waals surface area contributed by atoms with Crippen LogP contribution in [0.5, 0.6) is 5.75 Å². The lowest BCUT2D eigenvalue weighted by Crippen LogP contribution is -2.15. The molecule has 0 spiro atoms. The van der Waals surface area contributed by atoms with Crippen LogP contribution in [0, 0.1) is 18.6 Å². The maximum Gasteiger partial charge on any atom is 0.240 e. The molecule has 27 heavy (non-hydrogen) atoms. The van der Waals surface area contributed by atoms with E-state index in [1.807, 2.05) is 56.3 Å². The molecule has 0 saturated carbocycles. The van der Waals surface area contributed by atoms with Gasteiger partial charge in [-0.2, -0.15) is 4.68 Å². The standard InChI is InChI=1S/C19H21N5O2S/c1-12-4-9-16(13(2)10-12)17(25)11-23-19(27)24(18(20)22-23)21-14-5-7-15(26-3)8-6-14/h4-10,21H,11H2,1-3H3,(H2,20,22). The number of benzene rings is 2. The quantitative estimate of drug-likeness (QED) is 0.501. The van der Waals surface area contributed by atoms with Crippen molar-refractivity contribution in [3.05, 3.63) is 63.9 Å². The third kappa shape index (κ3) is 4.01. The predicted molar refractivity (Wildman–Crippen MR) is 108 cm³/mol. The van der Waals surface area contributed by atoms with Crippen molar-refractivity contribution < 1.29 is 9.53 Å². The predicted octanol–water partition coefficient (Wildman–Crippen LogP) is 3.38. The van der Waals surface area contributed by atoms with Crippen molar-refractivity contribution in [2.24, 2.45) is 0 Å². The first-order valence-electron chi connectivity index (χ1n) is 8.36. The summed E-state index contributed by atoms with van der Waals surface area (Å²) in [5.74, 6) is 0.842. The first-order chi connectivity index (χ1) is 12.9. The molecule has 0 saturated heterocycles. The van der Waals surface area contributed by atoms with Gasteiger partial charge in [-0.3, -0.25) is 10.2 Å². The molecule has 0 radical (unpaired) electrons. The number of ketones is 1. The summed E-state index contributed by atoms with van der Waals surface area (Å²) in [7, 11) is 1.60. The number of carbonyl (C=O) groups is 1. The van der Waals surface area contributed by atoms with Crippen LogP contribution < -0.4 is 15.9 Å². The molecule has 1 heterocycles. The van der Waals surface area contributed by atoms with Crippen LogP contribution >= 0.6 is 12.2 Å². The molecule has 0 bridgehead atoms. The number of methoxy groups -OCH3 is 1. The number of nitrogen functional groups attached to an aromatic ring is 1. The number of rotatable bonds is 6. The maximum atomic E-state index is 12.7. The molecule has 140 valence electrons. The Morgan fingerprint density at radius 2 is 1.93 bits per heavy atom. The van der Waals surface area contributed by atoms with Gasteiger partial charge in [0.2, 0.25) is 10.7 Å². The van der Waals surface area contributed by atoms with Crippen molar-refractivity contribution in [1.82, 2.24) is 14.5 Å². The Morgan fingerprint density at radius 3 is 2.56 bits per heavy atom. The minimum atomic E-state index is -0.0716. The molecule has 0 aliphatic carbocycles. The second kappa shape index (κ2) is 7.63. The number of hydrogen-bond acceptors (Lipinski definition) is 6. The molecular weight excluding hydrogens is 362 g/mol. The summed E-state index contributed by atoms with van der Waals surface area (Å²) in [5, 5.41) is 4.20. The van der Waals surface area contributed by atoms with Crippen LogP contribution in [-0.2, 0) is 6.54 Å². The van der Waals surface area contributed by atoms with Gasteiger partial charge >= 0.3 is 0 Å². The minimum absolute atomic E-state index is 0.0181. The summed E-state index contributed by atoms with van der Waals surface area (Å²) in [6.45, 7) is 3.92. The van der Waals surface area contributed by atoms with E-state index in [9.17, 15) is 4.79 Å². The van der Waals surface area contributed by atoms with E-state index in [1.165, 1.54) is 9.36 Å². The lowest BCUT2D eigenvalue weighted by Gasteiger charge is -2.09. The molecule has 0 fully saturated rings. The summed E-state index contributed by atoms with van der Waals surface area (Å²) in [4.78, 5) is 12.7. The summed E-state index contributed by atoms with van der Waals surface area (Å²) in [6.07, 6.45) is 0. The Balaban J connectivity index is 1.82. The van der Waals surface area contributed by atoms with Crippen LogP contribution in [0.4, 0.5) is 11.6 Å². The van der Waals surface area contributed by atoms with E-state index in [1.54, 1.807) is 7.11 Å². The van der Waals surface area contributed by atoms with E-state index in [0.717, 1.165) is 22.6 Å². The van der Waals surface area contributed by atoms with E-state index in [4.69, 9.17) is 22.7 Å². The Bertz CT molecular complexity index is 1040. The van der Waals surface area contributed by atoms with Gasteiger partial charge in [-0.25, -0.2) is 4.68 Å². The van der Waals surface area contributed by atoms with Gasteiger partial charge in [0.1, 0.15) is 12.3 Å². The Kier molecular flexibility index (Phi) is 5.27. The zero-order valence-corrected chi connectivity index (χ0v) is 16.2. The van der Waals surface area contributed by atoms with Gasteiger partial charge in [0.25, 0.3) is 0 Å². The number of ether oxygens (including phenoxy) is 1. The van der Waals surface area contributed by atoms with Crippen LogP contribution in [0.1, 0.15) is 21.5 Å². The Morgan fingerprint density at radius 1 is 1.22 bits per heavy atom. The molecule has 3 N–H and O–H groups in total. The Labute approximate surface area is 162 Å². The lowest BCUT2D eigenvalue weighted by molar-refractivity contribution is 0.0966. The van der Waals surface area contributed by atoms with Gasteiger partial charge in [0, 0.05) is 5.56 Å². The van der Waals surface area contributed by atoms with Crippen LogP contribution in [-0.4, -0.2) is 27.3 Å². The highest BCUT2D eigenvalue weighted by Crippen LogP contribution is 2.17. The molecule has 3 rings (SSSR count). The van der Waals surface area contributed by atoms with Gasteiger partial charge in [-0.1, -0.05) is 23.8 Å². The molecule has 0 atom stereocenters. The molecule has 3 aromatic rings. The average Bonchev–Trinajstić information content (AvgIpc) is 2.89. The second-order valence-electron chi connectivity index (χ2n) is 6.22. The summed E-state index contributed by atoms with van der Waals surface area (Å²) in [6, 6.07) is 13.0. The smallest absolute Gasteiger partial charge is 0.240 e. The number of aromatic nitrogens is 3. The molecule has 0 amide bonds. The highest BCUT2D eigenvalue weighted by molar-refractivity contribution is 7.71. The highest BCUT2D eigenvalue weighted by atomic mass is 32.1. The van der Waals surface area contributed by atoms with Crippen molar-refractivity contribution >= 4 is 29.6 Å². The molecule has 0 unspecified atom stereocenters. The maximum absolute atomic E-state index is 12.7. The van der Waals surface area contributed by atoms with Crippen molar-refractivity contribution in [3.8, 4) is 5.75 Å². The first-order valence-corrected chi connectivity index (χ1v) is 8.76. The summed E-state index contributed by atoms with van der Waals surface area (Å²) < 4.78 is 8.33. The zero-order chi connectivity index (χ0) is 19.6. The van der Waals surface area contributed by atoms with Gasteiger partial charge in [-0.05, 0) is 55.9 Å². The molecule has 0 aliphatic heterocycles.